The third-order valence-corrected chi connectivity index (χ3v) is 5.44. The lowest BCUT2D eigenvalue weighted by Crippen LogP contribution is -2.38. The van der Waals surface area contributed by atoms with Gasteiger partial charge in [0, 0.05) is 31.7 Å². The average molecular weight is 402 g/mol. The highest BCUT2D eigenvalue weighted by molar-refractivity contribution is 5.90. The van der Waals surface area contributed by atoms with E-state index in [0.717, 1.165) is 30.8 Å². The first-order valence-electron chi connectivity index (χ1n) is 10.2. The van der Waals surface area contributed by atoms with E-state index < -0.39 is 0 Å². The summed E-state index contributed by atoms with van der Waals surface area (Å²) in [5.74, 6) is -0.241. The zero-order valence-electron chi connectivity index (χ0n) is 17.4. The molecule has 1 amide bonds. The molecule has 0 fully saturated rings. The Balaban J connectivity index is 1.45. The van der Waals surface area contributed by atoms with Crippen LogP contribution in [0.5, 0.6) is 0 Å². The first-order chi connectivity index (χ1) is 14.5. The van der Waals surface area contributed by atoms with Crippen LogP contribution in [0.4, 0.5) is 5.69 Å². The van der Waals surface area contributed by atoms with Crippen molar-refractivity contribution in [3.05, 3.63) is 93.2 Å². The molecule has 2 aromatic carbocycles. The fourth-order valence-electron chi connectivity index (χ4n) is 3.70. The van der Waals surface area contributed by atoms with Gasteiger partial charge in [-0.05, 0) is 31.5 Å². The van der Waals surface area contributed by atoms with Gasteiger partial charge in [0.15, 0.2) is 0 Å². The molecule has 0 atom stereocenters. The Morgan fingerprint density at radius 1 is 1.03 bits per heavy atom. The molecule has 6 heteroatoms. The van der Waals surface area contributed by atoms with Crippen molar-refractivity contribution in [3.8, 4) is 0 Å². The molecule has 0 aliphatic carbocycles. The van der Waals surface area contributed by atoms with Crippen LogP contribution in [0.3, 0.4) is 0 Å². The summed E-state index contributed by atoms with van der Waals surface area (Å²) in [6, 6.07) is 16.0. The standard InChI is InChI=1S/C24H26N4O2/c1-17-3-7-19(8-4-17)13-27-12-11-22-21(14-27)24(30)28(16-25-22)15-23(29)26-20-9-5-18(2)6-10-20/h3-10,16H,11-15H2,1-2H3,(H,26,29). The third kappa shape index (κ3) is 4.66. The van der Waals surface area contributed by atoms with Crippen LogP contribution in [-0.2, 0) is 30.8 Å². The molecule has 6 nitrogen and oxygen atoms in total. The van der Waals surface area contributed by atoms with Crippen LogP contribution in [-0.4, -0.2) is 26.9 Å². The monoisotopic (exact) mass is 402 g/mol. The lowest BCUT2D eigenvalue weighted by atomic mass is 10.1. The van der Waals surface area contributed by atoms with Gasteiger partial charge in [-0.1, -0.05) is 47.5 Å². The van der Waals surface area contributed by atoms with Crippen LogP contribution in [0, 0.1) is 13.8 Å². The summed E-state index contributed by atoms with van der Waals surface area (Å²) in [7, 11) is 0. The largest absolute Gasteiger partial charge is 0.325 e. The molecule has 0 unspecified atom stereocenters. The molecule has 1 aromatic heterocycles. The molecule has 4 rings (SSSR count). The maximum absolute atomic E-state index is 13.0. The van der Waals surface area contributed by atoms with Crippen molar-refractivity contribution in [2.75, 3.05) is 11.9 Å². The second kappa shape index (κ2) is 8.63. The van der Waals surface area contributed by atoms with Crippen molar-refractivity contribution < 1.29 is 4.79 Å². The first-order valence-corrected chi connectivity index (χ1v) is 10.2. The van der Waals surface area contributed by atoms with Gasteiger partial charge >= 0.3 is 0 Å². The highest BCUT2D eigenvalue weighted by Crippen LogP contribution is 2.17. The van der Waals surface area contributed by atoms with E-state index >= 15 is 0 Å². The maximum atomic E-state index is 13.0. The zero-order valence-corrected chi connectivity index (χ0v) is 17.4. The summed E-state index contributed by atoms with van der Waals surface area (Å²) in [5, 5.41) is 2.83. The van der Waals surface area contributed by atoms with Crippen LogP contribution in [0.2, 0.25) is 0 Å². The number of amides is 1. The van der Waals surface area contributed by atoms with E-state index in [1.54, 1.807) is 0 Å². The SMILES string of the molecule is Cc1ccc(CN2CCc3ncn(CC(=O)Nc4ccc(C)cc4)c(=O)c3C2)cc1. The van der Waals surface area contributed by atoms with Crippen molar-refractivity contribution in [3.63, 3.8) is 0 Å². The van der Waals surface area contributed by atoms with Gasteiger partial charge in [0.2, 0.25) is 5.91 Å². The minimum absolute atomic E-state index is 0.0506. The highest BCUT2D eigenvalue weighted by atomic mass is 16.2. The molecule has 1 aliphatic heterocycles. The second-order valence-electron chi connectivity index (χ2n) is 7.96. The summed E-state index contributed by atoms with van der Waals surface area (Å²) >= 11 is 0. The zero-order chi connectivity index (χ0) is 21.1. The molecule has 1 N–H and O–H groups in total. The van der Waals surface area contributed by atoms with Crippen molar-refractivity contribution in [1.82, 2.24) is 14.5 Å². The molecule has 2 heterocycles. The van der Waals surface area contributed by atoms with Crippen LogP contribution >= 0.6 is 0 Å². The Kier molecular flexibility index (Phi) is 5.77. The number of aryl methyl sites for hydroxylation is 2. The summed E-state index contributed by atoms with van der Waals surface area (Å²) in [4.78, 5) is 32.1. The topological polar surface area (TPSA) is 67.2 Å². The van der Waals surface area contributed by atoms with Gasteiger partial charge in [-0.15, -0.1) is 0 Å². The molecule has 0 saturated carbocycles. The predicted molar refractivity (Wildman–Crippen MR) is 117 cm³/mol. The number of carbonyl (C=O) groups is 1. The number of nitrogens with one attached hydrogen (secondary N) is 1. The van der Waals surface area contributed by atoms with Gasteiger partial charge < -0.3 is 5.32 Å². The number of rotatable bonds is 5. The third-order valence-electron chi connectivity index (χ3n) is 5.44. The van der Waals surface area contributed by atoms with Gasteiger partial charge in [-0.2, -0.15) is 0 Å². The summed E-state index contributed by atoms with van der Waals surface area (Å²) in [6.07, 6.45) is 2.23. The first kappa shape index (κ1) is 20.0. The van der Waals surface area contributed by atoms with Crippen LogP contribution in [0.15, 0.2) is 59.7 Å². The van der Waals surface area contributed by atoms with E-state index in [1.807, 2.05) is 31.2 Å². The van der Waals surface area contributed by atoms with Crippen LogP contribution in [0.1, 0.15) is 27.9 Å². The summed E-state index contributed by atoms with van der Waals surface area (Å²) < 4.78 is 1.40. The van der Waals surface area contributed by atoms with Crippen molar-refractivity contribution >= 4 is 11.6 Å². The number of fused-ring (bicyclic) bond motifs is 1. The van der Waals surface area contributed by atoms with Crippen LogP contribution in [0.25, 0.3) is 0 Å². The Morgan fingerprint density at radius 2 is 1.70 bits per heavy atom. The quantitative estimate of drug-likeness (QED) is 0.712. The van der Waals surface area contributed by atoms with E-state index in [1.165, 1.54) is 22.0 Å². The van der Waals surface area contributed by atoms with Gasteiger partial charge in [0.1, 0.15) is 6.54 Å². The number of hydrogen-bond acceptors (Lipinski definition) is 4. The average Bonchev–Trinajstić information content (AvgIpc) is 2.74. The second-order valence-corrected chi connectivity index (χ2v) is 7.96. The Hall–Kier alpha value is -3.25. The molecule has 1 aliphatic rings. The fourth-order valence-corrected chi connectivity index (χ4v) is 3.70. The number of nitrogens with zero attached hydrogens (tertiary/aromatic N) is 3. The Bertz CT molecular complexity index is 1100. The van der Waals surface area contributed by atoms with Crippen molar-refractivity contribution in [2.24, 2.45) is 0 Å². The van der Waals surface area contributed by atoms with Crippen molar-refractivity contribution in [2.45, 2.75) is 39.9 Å². The molecular weight excluding hydrogens is 376 g/mol. The van der Waals surface area contributed by atoms with E-state index in [2.05, 4.69) is 46.4 Å². The Labute approximate surface area is 176 Å². The van der Waals surface area contributed by atoms with E-state index in [4.69, 9.17) is 0 Å². The van der Waals surface area contributed by atoms with Crippen molar-refractivity contribution in [1.29, 1.82) is 0 Å². The smallest absolute Gasteiger partial charge is 0.258 e. The molecule has 30 heavy (non-hydrogen) atoms. The van der Waals surface area contributed by atoms with Gasteiger partial charge in [0.05, 0.1) is 17.6 Å². The van der Waals surface area contributed by atoms with Gasteiger partial charge in [0.25, 0.3) is 5.56 Å². The minimum Gasteiger partial charge on any atom is -0.325 e. The number of benzene rings is 2. The minimum atomic E-state index is -0.241. The van der Waals surface area contributed by atoms with Crippen LogP contribution < -0.4 is 10.9 Å². The van der Waals surface area contributed by atoms with Gasteiger partial charge in [-0.3, -0.25) is 19.1 Å². The molecular formula is C24H26N4O2. The predicted octanol–water partition coefficient (Wildman–Crippen LogP) is 3.06. The van der Waals surface area contributed by atoms with E-state index in [-0.39, 0.29) is 18.0 Å². The lowest BCUT2D eigenvalue weighted by molar-refractivity contribution is -0.116. The molecule has 0 bridgehead atoms. The molecule has 0 saturated heterocycles. The van der Waals surface area contributed by atoms with E-state index in [9.17, 15) is 9.59 Å². The summed E-state index contributed by atoms with van der Waals surface area (Å²) in [5.41, 5.74) is 5.71. The van der Waals surface area contributed by atoms with Gasteiger partial charge in [-0.25, -0.2) is 4.98 Å². The van der Waals surface area contributed by atoms with E-state index in [0.29, 0.717) is 17.8 Å². The number of hydrogen-bond donors (Lipinski definition) is 1. The lowest BCUT2D eigenvalue weighted by Gasteiger charge is -2.28. The summed E-state index contributed by atoms with van der Waals surface area (Å²) in [6.45, 7) is 6.23. The normalized spacial score (nSPS) is 13.7. The Morgan fingerprint density at radius 3 is 2.40 bits per heavy atom. The number of anilines is 1. The molecule has 0 spiro atoms. The molecule has 154 valence electrons. The number of carbonyl (C=O) groups excluding carboxylic acids is 1. The number of aromatic nitrogens is 2. The molecule has 3 aromatic rings. The molecule has 0 radical (unpaired) electrons. The fraction of sp³-hybridized carbons (Fsp3) is 0.292. The highest BCUT2D eigenvalue weighted by Gasteiger charge is 2.22. The maximum Gasteiger partial charge on any atom is 0.258 e.